The fourth-order valence-corrected chi connectivity index (χ4v) is 3.12. The summed E-state index contributed by atoms with van der Waals surface area (Å²) in [5.74, 6) is 0.0786. The molecule has 26 heavy (non-hydrogen) atoms. The van der Waals surface area contributed by atoms with Crippen molar-refractivity contribution >= 4 is 16.7 Å². The standard InChI is InChI=1S/C21H24N2O3/c1-4-23(3)12-18-16-9-8-15(24)11-20(16)26-21(25)17(18)10-14-6-5-7-19(22)13(14)2/h5-9,11,24H,4,10,12,22H2,1-3H3. The molecule has 0 aliphatic heterocycles. The van der Waals surface area contributed by atoms with Gasteiger partial charge in [-0.15, -0.1) is 0 Å². The molecule has 0 bridgehead atoms. The summed E-state index contributed by atoms with van der Waals surface area (Å²) in [6.45, 7) is 5.51. The van der Waals surface area contributed by atoms with Gasteiger partial charge in [0.2, 0.25) is 0 Å². The molecule has 0 radical (unpaired) electrons. The lowest BCUT2D eigenvalue weighted by Crippen LogP contribution is -2.21. The molecule has 2 aromatic carbocycles. The lowest BCUT2D eigenvalue weighted by atomic mass is 9.95. The molecular formula is C21H24N2O3. The number of nitrogens with zero attached hydrogens (tertiary/aromatic N) is 1. The third-order valence-corrected chi connectivity index (χ3v) is 4.93. The van der Waals surface area contributed by atoms with Gasteiger partial charge in [-0.2, -0.15) is 0 Å². The van der Waals surface area contributed by atoms with Crippen LogP contribution in [0.15, 0.2) is 45.6 Å². The lowest BCUT2D eigenvalue weighted by molar-refractivity contribution is 0.344. The minimum atomic E-state index is -0.371. The van der Waals surface area contributed by atoms with Gasteiger partial charge in [-0.3, -0.25) is 0 Å². The first-order chi connectivity index (χ1) is 12.4. The Hall–Kier alpha value is -2.79. The van der Waals surface area contributed by atoms with Crippen LogP contribution in [0.1, 0.15) is 29.2 Å². The fraction of sp³-hybridized carbons (Fsp3) is 0.286. The van der Waals surface area contributed by atoms with Gasteiger partial charge in [0, 0.05) is 35.7 Å². The number of fused-ring (bicyclic) bond motifs is 1. The molecule has 0 aliphatic rings. The van der Waals surface area contributed by atoms with Gasteiger partial charge in [0.15, 0.2) is 0 Å². The highest BCUT2D eigenvalue weighted by atomic mass is 16.4. The van der Waals surface area contributed by atoms with E-state index in [-0.39, 0.29) is 11.4 Å². The van der Waals surface area contributed by atoms with E-state index in [4.69, 9.17) is 10.2 Å². The Morgan fingerprint density at radius 3 is 2.69 bits per heavy atom. The summed E-state index contributed by atoms with van der Waals surface area (Å²) < 4.78 is 5.51. The van der Waals surface area contributed by atoms with E-state index in [1.54, 1.807) is 6.07 Å². The number of nitrogens with two attached hydrogens (primary N) is 1. The number of hydrogen-bond donors (Lipinski definition) is 2. The van der Waals surface area contributed by atoms with E-state index < -0.39 is 0 Å². The zero-order valence-electron chi connectivity index (χ0n) is 15.4. The Bertz CT molecular complexity index is 1010. The molecule has 0 spiro atoms. The third kappa shape index (κ3) is 3.44. The van der Waals surface area contributed by atoms with Crippen molar-refractivity contribution in [2.24, 2.45) is 0 Å². The third-order valence-electron chi connectivity index (χ3n) is 4.93. The van der Waals surface area contributed by atoms with E-state index in [2.05, 4.69) is 11.8 Å². The van der Waals surface area contributed by atoms with Gasteiger partial charge in [-0.05, 0) is 55.4 Å². The zero-order chi connectivity index (χ0) is 18.8. The summed E-state index contributed by atoms with van der Waals surface area (Å²) in [7, 11) is 2.01. The number of phenolic OH excluding ortho intramolecular Hbond substituents is 1. The summed E-state index contributed by atoms with van der Waals surface area (Å²) in [4.78, 5) is 14.9. The molecule has 5 heteroatoms. The van der Waals surface area contributed by atoms with E-state index in [9.17, 15) is 9.90 Å². The maximum absolute atomic E-state index is 12.7. The molecular weight excluding hydrogens is 328 g/mol. The van der Waals surface area contributed by atoms with Gasteiger partial charge in [-0.1, -0.05) is 19.1 Å². The predicted molar refractivity (Wildman–Crippen MR) is 105 cm³/mol. The molecule has 0 unspecified atom stereocenters. The Labute approximate surface area is 152 Å². The first-order valence-electron chi connectivity index (χ1n) is 8.70. The SMILES string of the molecule is CCN(C)Cc1c(Cc2cccc(N)c2C)c(=O)oc2cc(O)ccc12. The molecule has 0 atom stereocenters. The van der Waals surface area contributed by atoms with Crippen LogP contribution >= 0.6 is 0 Å². The highest BCUT2D eigenvalue weighted by Gasteiger charge is 2.17. The highest BCUT2D eigenvalue weighted by molar-refractivity contribution is 5.82. The molecule has 0 saturated heterocycles. The molecule has 0 aliphatic carbocycles. The van der Waals surface area contributed by atoms with E-state index in [0.717, 1.165) is 28.6 Å². The smallest absolute Gasteiger partial charge is 0.340 e. The molecule has 0 fully saturated rings. The van der Waals surface area contributed by atoms with Crippen molar-refractivity contribution in [3.63, 3.8) is 0 Å². The first kappa shape index (κ1) is 18.0. The van der Waals surface area contributed by atoms with Crippen molar-refractivity contribution in [1.82, 2.24) is 4.90 Å². The molecule has 3 aromatic rings. The maximum Gasteiger partial charge on any atom is 0.340 e. The Kier molecular flexibility index (Phi) is 5.00. The quantitative estimate of drug-likeness (QED) is 0.543. The molecule has 1 aromatic heterocycles. The number of nitrogen functional groups attached to an aromatic ring is 1. The number of anilines is 1. The van der Waals surface area contributed by atoms with Crippen LogP contribution in [-0.2, 0) is 13.0 Å². The number of aromatic hydroxyl groups is 1. The van der Waals surface area contributed by atoms with Gasteiger partial charge in [0.25, 0.3) is 0 Å². The average Bonchev–Trinajstić information content (AvgIpc) is 2.61. The van der Waals surface area contributed by atoms with Gasteiger partial charge in [0.1, 0.15) is 11.3 Å². The molecule has 1 heterocycles. The predicted octanol–water partition coefficient (Wildman–Crippen LogP) is 3.43. The van der Waals surface area contributed by atoms with Gasteiger partial charge in [0.05, 0.1) is 0 Å². The van der Waals surface area contributed by atoms with E-state index in [0.29, 0.717) is 29.8 Å². The Balaban J connectivity index is 2.21. The van der Waals surface area contributed by atoms with Crippen LogP contribution in [-0.4, -0.2) is 23.6 Å². The average molecular weight is 352 g/mol. The molecule has 3 N–H and O–H groups in total. The number of phenols is 1. The van der Waals surface area contributed by atoms with E-state index in [1.807, 2.05) is 38.2 Å². The van der Waals surface area contributed by atoms with E-state index in [1.165, 1.54) is 6.07 Å². The summed E-state index contributed by atoms with van der Waals surface area (Å²) in [5.41, 5.74) is 10.3. The van der Waals surface area contributed by atoms with Gasteiger partial charge in [-0.25, -0.2) is 4.79 Å². The van der Waals surface area contributed by atoms with Crippen LogP contribution in [0.4, 0.5) is 5.69 Å². The summed E-state index contributed by atoms with van der Waals surface area (Å²) in [6, 6.07) is 10.7. The largest absolute Gasteiger partial charge is 0.508 e. The van der Waals surface area contributed by atoms with Crippen LogP contribution in [0, 0.1) is 6.92 Å². The molecule has 3 rings (SSSR count). The fourth-order valence-electron chi connectivity index (χ4n) is 3.12. The second-order valence-electron chi connectivity index (χ2n) is 6.67. The molecule has 5 nitrogen and oxygen atoms in total. The molecule has 0 amide bonds. The van der Waals surface area contributed by atoms with Crippen LogP contribution in [0.2, 0.25) is 0 Å². The Morgan fingerprint density at radius 2 is 1.96 bits per heavy atom. The molecule has 136 valence electrons. The summed E-state index contributed by atoms with van der Waals surface area (Å²) >= 11 is 0. The number of rotatable bonds is 5. The maximum atomic E-state index is 12.7. The minimum Gasteiger partial charge on any atom is -0.508 e. The van der Waals surface area contributed by atoms with Crippen LogP contribution in [0.3, 0.4) is 0 Å². The normalized spacial score (nSPS) is 11.4. The summed E-state index contributed by atoms with van der Waals surface area (Å²) in [5, 5.41) is 10.6. The van der Waals surface area contributed by atoms with Gasteiger partial charge < -0.3 is 20.2 Å². The van der Waals surface area contributed by atoms with Crippen LogP contribution in [0.25, 0.3) is 11.0 Å². The van der Waals surface area contributed by atoms with Crippen molar-refractivity contribution in [1.29, 1.82) is 0 Å². The lowest BCUT2D eigenvalue weighted by Gasteiger charge is -2.19. The number of hydrogen-bond acceptors (Lipinski definition) is 5. The zero-order valence-corrected chi connectivity index (χ0v) is 15.4. The second kappa shape index (κ2) is 7.22. The van der Waals surface area contributed by atoms with Crippen molar-refractivity contribution in [2.75, 3.05) is 19.3 Å². The minimum absolute atomic E-state index is 0.0786. The Morgan fingerprint density at radius 1 is 1.19 bits per heavy atom. The summed E-state index contributed by atoms with van der Waals surface area (Å²) in [6.07, 6.45) is 0.461. The van der Waals surface area contributed by atoms with Crippen molar-refractivity contribution in [3.8, 4) is 5.75 Å². The monoisotopic (exact) mass is 352 g/mol. The van der Waals surface area contributed by atoms with Crippen LogP contribution < -0.4 is 11.4 Å². The van der Waals surface area contributed by atoms with Crippen LogP contribution in [0.5, 0.6) is 5.75 Å². The number of benzene rings is 2. The van der Waals surface area contributed by atoms with Crippen molar-refractivity contribution in [3.05, 3.63) is 69.1 Å². The highest BCUT2D eigenvalue weighted by Crippen LogP contribution is 2.27. The second-order valence-corrected chi connectivity index (χ2v) is 6.67. The van der Waals surface area contributed by atoms with E-state index >= 15 is 0 Å². The van der Waals surface area contributed by atoms with Gasteiger partial charge >= 0.3 is 5.63 Å². The topological polar surface area (TPSA) is 79.7 Å². The first-order valence-corrected chi connectivity index (χ1v) is 8.70. The molecule has 0 saturated carbocycles. The van der Waals surface area contributed by atoms with Crippen molar-refractivity contribution < 1.29 is 9.52 Å². The van der Waals surface area contributed by atoms with Crippen molar-refractivity contribution in [2.45, 2.75) is 26.8 Å².